The molecule has 0 aliphatic carbocycles. The Kier molecular flexibility index (Phi) is 1.81. The number of hydrogen-bond acceptors (Lipinski definition) is 3. The molecule has 0 unspecified atom stereocenters. The Morgan fingerprint density at radius 2 is 2.14 bits per heavy atom. The molecule has 0 radical (unpaired) electrons. The molecule has 0 aromatic carbocycles. The summed E-state index contributed by atoms with van der Waals surface area (Å²) < 4.78 is 9.19. The maximum absolute atomic E-state index is 5.22. The molecule has 0 aromatic rings. The van der Waals surface area contributed by atoms with Crippen molar-refractivity contribution in [1.29, 1.82) is 0 Å². The fourth-order valence-corrected chi connectivity index (χ4v) is 1.50. The average molecular weight is 119 g/mol. The molecule has 0 amide bonds. The molecule has 0 bridgehead atoms. The zero-order valence-electron chi connectivity index (χ0n) is 4.09. The first-order valence-electron chi connectivity index (χ1n) is 2.45. The third-order valence-corrected chi connectivity index (χ3v) is 2.22. The molecule has 42 valence electrons. The summed E-state index contributed by atoms with van der Waals surface area (Å²) in [6, 6.07) is 1.08. The molecular weight excluding hydrogens is 110 g/mol. The Morgan fingerprint density at radius 3 is 2.57 bits per heavy atom. The van der Waals surface area contributed by atoms with Crippen LogP contribution in [-0.2, 0) is 9.15 Å². The van der Waals surface area contributed by atoms with Crippen LogP contribution in [-0.4, -0.2) is 15.8 Å². The molecule has 1 fully saturated rings. The molecule has 3 nitrogen and oxygen atoms in total. The Hall–Kier alpha value is 0.0969. The van der Waals surface area contributed by atoms with Crippen molar-refractivity contribution in [3.05, 3.63) is 0 Å². The van der Waals surface area contributed by atoms with E-state index in [9.17, 15) is 0 Å². The van der Waals surface area contributed by atoms with Crippen LogP contribution in [0.4, 0.5) is 0 Å². The van der Waals surface area contributed by atoms with Crippen LogP contribution in [0.2, 0.25) is 6.04 Å². The van der Waals surface area contributed by atoms with Gasteiger partial charge in [0.15, 0.2) is 0 Å². The highest BCUT2D eigenvalue weighted by molar-refractivity contribution is 6.49. The van der Waals surface area contributed by atoms with E-state index in [1.54, 1.807) is 0 Å². The fraction of sp³-hybridized carbons (Fsp3) is 1.00. The lowest BCUT2D eigenvalue weighted by Crippen LogP contribution is -2.00. The van der Waals surface area contributed by atoms with Gasteiger partial charge in [0.05, 0.1) is 0 Å². The molecule has 7 heavy (non-hydrogen) atoms. The van der Waals surface area contributed by atoms with Gasteiger partial charge in [-0.2, -0.15) is 0 Å². The Bertz CT molecular complexity index is 56.9. The molecule has 0 aromatic heterocycles. The van der Waals surface area contributed by atoms with E-state index in [2.05, 4.69) is 9.15 Å². The van der Waals surface area contributed by atoms with Gasteiger partial charge in [0, 0.05) is 0 Å². The summed E-state index contributed by atoms with van der Waals surface area (Å²) in [6.45, 7) is 0.760. The second-order valence-corrected chi connectivity index (χ2v) is 3.37. The first-order chi connectivity index (χ1) is 3.43. The van der Waals surface area contributed by atoms with Gasteiger partial charge < -0.3 is 5.73 Å². The van der Waals surface area contributed by atoms with Gasteiger partial charge in [-0.05, 0) is 19.0 Å². The van der Waals surface area contributed by atoms with Gasteiger partial charge in [0.25, 0.3) is 0 Å². The van der Waals surface area contributed by atoms with Crippen LogP contribution < -0.4 is 5.73 Å². The Labute approximate surface area is 44.2 Å². The minimum Gasteiger partial charge on any atom is -0.330 e. The number of rotatable bonds is 3. The molecule has 1 saturated heterocycles. The van der Waals surface area contributed by atoms with E-state index < -0.39 is 9.28 Å². The Balaban J connectivity index is 1.80. The van der Waals surface area contributed by atoms with Crippen molar-refractivity contribution in [2.45, 2.75) is 12.5 Å². The maximum Gasteiger partial charge on any atom is 0.393 e. The normalized spacial score (nSPS) is 20.1. The second-order valence-electron chi connectivity index (χ2n) is 1.55. The van der Waals surface area contributed by atoms with Crippen molar-refractivity contribution in [2.75, 3.05) is 6.54 Å². The van der Waals surface area contributed by atoms with E-state index >= 15 is 0 Å². The van der Waals surface area contributed by atoms with Gasteiger partial charge in [-0.1, -0.05) is 0 Å². The molecule has 1 rings (SSSR count). The lowest BCUT2D eigenvalue weighted by Gasteiger charge is -1.82. The zero-order valence-corrected chi connectivity index (χ0v) is 5.25. The van der Waals surface area contributed by atoms with Crippen LogP contribution in [0, 0.1) is 0 Å². The molecular formula is C3H9NO2Si. The van der Waals surface area contributed by atoms with Gasteiger partial charge in [0.1, 0.15) is 0 Å². The van der Waals surface area contributed by atoms with Crippen molar-refractivity contribution >= 4 is 9.28 Å². The summed E-state index contributed by atoms with van der Waals surface area (Å²) in [7, 11) is -1.02. The smallest absolute Gasteiger partial charge is 0.330 e. The minimum atomic E-state index is -1.02. The van der Waals surface area contributed by atoms with E-state index in [4.69, 9.17) is 5.73 Å². The van der Waals surface area contributed by atoms with Crippen molar-refractivity contribution in [3.8, 4) is 0 Å². The zero-order chi connectivity index (χ0) is 5.11. The lowest BCUT2D eigenvalue weighted by molar-refractivity contribution is 0.0850. The van der Waals surface area contributed by atoms with Gasteiger partial charge in [-0.15, -0.1) is 0 Å². The SMILES string of the molecule is NCCC[SiH]1OO1. The van der Waals surface area contributed by atoms with Gasteiger partial charge in [-0.25, -0.2) is 0 Å². The van der Waals surface area contributed by atoms with E-state index in [-0.39, 0.29) is 0 Å². The van der Waals surface area contributed by atoms with E-state index in [1.165, 1.54) is 0 Å². The van der Waals surface area contributed by atoms with Crippen molar-refractivity contribution in [3.63, 3.8) is 0 Å². The topological polar surface area (TPSA) is 51.1 Å². The van der Waals surface area contributed by atoms with Crippen molar-refractivity contribution in [2.24, 2.45) is 5.73 Å². The van der Waals surface area contributed by atoms with E-state index in [0.717, 1.165) is 19.0 Å². The fourth-order valence-electron chi connectivity index (χ4n) is 0.420. The molecule has 0 atom stereocenters. The predicted molar refractivity (Wildman–Crippen MR) is 27.8 cm³/mol. The van der Waals surface area contributed by atoms with Crippen molar-refractivity contribution < 1.29 is 9.15 Å². The average Bonchev–Trinajstić information content (AvgIpc) is 2.42. The summed E-state index contributed by atoms with van der Waals surface area (Å²) in [5, 5.41) is 0. The van der Waals surface area contributed by atoms with E-state index in [0.29, 0.717) is 0 Å². The van der Waals surface area contributed by atoms with Crippen molar-refractivity contribution in [1.82, 2.24) is 0 Å². The first kappa shape index (κ1) is 5.24. The van der Waals surface area contributed by atoms with Crippen LogP contribution in [0.25, 0.3) is 0 Å². The van der Waals surface area contributed by atoms with Crippen LogP contribution >= 0.6 is 0 Å². The predicted octanol–water partition coefficient (Wildman–Crippen LogP) is -0.482. The van der Waals surface area contributed by atoms with Gasteiger partial charge >= 0.3 is 9.28 Å². The largest absolute Gasteiger partial charge is 0.393 e. The van der Waals surface area contributed by atoms with Crippen LogP contribution in [0.1, 0.15) is 6.42 Å². The highest BCUT2D eigenvalue weighted by Gasteiger charge is 2.28. The van der Waals surface area contributed by atoms with E-state index in [1.807, 2.05) is 0 Å². The highest BCUT2D eigenvalue weighted by atomic mass is 28.3. The number of hydrogen-bond donors (Lipinski definition) is 1. The molecule has 1 aliphatic heterocycles. The van der Waals surface area contributed by atoms with Crippen LogP contribution in [0.5, 0.6) is 0 Å². The number of nitrogens with two attached hydrogens (primary N) is 1. The third-order valence-electron chi connectivity index (χ3n) is 0.876. The summed E-state index contributed by atoms with van der Waals surface area (Å²) in [5.74, 6) is 0. The summed E-state index contributed by atoms with van der Waals surface area (Å²) in [4.78, 5) is 0. The van der Waals surface area contributed by atoms with Gasteiger partial charge in [-0.3, -0.25) is 9.15 Å². The summed E-state index contributed by atoms with van der Waals surface area (Å²) in [6.07, 6.45) is 1.05. The highest BCUT2D eigenvalue weighted by Crippen LogP contribution is 2.12. The minimum absolute atomic E-state index is 0.760. The maximum atomic E-state index is 5.22. The summed E-state index contributed by atoms with van der Waals surface area (Å²) in [5.41, 5.74) is 5.22. The monoisotopic (exact) mass is 119 g/mol. The molecule has 1 heterocycles. The molecule has 2 N–H and O–H groups in total. The first-order valence-corrected chi connectivity index (χ1v) is 4.21. The van der Waals surface area contributed by atoms with Crippen LogP contribution in [0.15, 0.2) is 0 Å². The quantitative estimate of drug-likeness (QED) is 0.310. The molecule has 0 spiro atoms. The standard InChI is InChI=1S/C3H9NO2Si/c4-2-1-3-7-5-6-7/h7H,1-4H2. The Morgan fingerprint density at radius 1 is 1.43 bits per heavy atom. The lowest BCUT2D eigenvalue weighted by atomic mass is 10.5. The third kappa shape index (κ3) is 2.03. The molecule has 4 heteroatoms. The summed E-state index contributed by atoms with van der Waals surface area (Å²) >= 11 is 0. The molecule has 1 aliphatic rings. The van der Waals surface area contributed by atoms with Gasteiger partial charge in [0.2, 0.25) is 0 Å². The molecule has 0 saturated carbocycles. The second kappa shape index (κ2) is 2.42. The van der Waals surface area contributed by atoms with Crippen LogP contribution in [0.3, 0.4) is 0 Å².